The molecule has 206 valence electrons. The van der Waals surface area contributed by atoms with Gasteiger partial charge in [0.05, 0.1) is 17.1 Å². The number of aliphatic hydroxyl groups is 1. The standard InChI is InChI=1S/C31H35N3O4.ClH/c35-24-9-7-19-15-25-31(37)12-11-23(33-26(36)10-8-20-16-32-22-4-2-1-3-21(20)22)29-30(31,27(19)28(24)38-29)13-14-34(25)17-18-5-6-18;/h1-4,7,9,16,18,23,25,29,32,35,37H,5-6,8,10-15,17H2,(H,33,36);1H/t23-,25-,29+,30+,31-;/m1./s1. The fourth-order valence-electron chi connectivity index (χ4n) is 8.49. The first-order valence-corrected chi connectivity index (χ1v) is 14.3. The molecule has 2 bridgehead atoms. The third kappa shape index (κ3) is 3.52. The molecule has 5 atom stereocenters. The Labute approximate surface area is 234 Å². The van der Waals surface area contributed by atoms with Crippen LogP contribution in [0.1, 0.15) is 55.2 Å². The average molecular weight is 550 g/mol. The molecule has 1 aromatic heterocycles. The number of aromatic nitrogens is 1. The molecule has 0 unspecified atom stereocenters. The van der Waals surface area contributed by atoms with Gasteiger partial charge >= 0.3 is 0 Å². The monoisotopic (exact) mass is 549 g/mol. The number of H-pyrrole nitrogens is 1. The Morgan fingerprint density at radius 2 is 2.00 bits per heavy atom. The van der Waals surface area contributed by atoms with Gasteiger partial charge in [0.2, 0.25) is 5.91 Å². The number of phenols is 1. The molecule has 1 saturated heterocycles. The number of aromatic amines is 1. The summed E-state index contributed by atoms with van der Waals surface area (Å²) < 4.78 is 6.58. The minimum absolute atomic E-state index is 0. The second-order valence-corrected chi connectivity index (χ2v) is 12.4. The second kappa shape index (κ2) is 8.88. The number of aryl methyl sites for hydroxylation is 1. The van der Waals surface area contributed by atoms with E-state index in [9.17, 15) is 15.0 Å². The highest BCUT2D eigenvalue weighted by Gasteiger charge is 2.73. The lowest BCUT2D eigenvalue weighted by molar-refractivity contribution is -0.192. The zero-order valence-electron chi connectivity index (χ0n) is 22.0. The minimum atomic E-state index is -0.928. The third-order valence-electron chi connectivity index (χ3n) is 10.4. The van der Waals surface area contributed by atoms with Crippen molar-refractivity contribution in [1.29, 1.82) is 0 Å². The van der Waals surface area contributed by atoms with Crippen LogP contribution in [0.3, 0.4) is 0 Å². The fraction of sp³-hybridized carbons (Fsp3) is 0.516. The van der Waals surface area contributed by atoms with Crippen LogP contribution in [0.25, 0.3) is 10.9 Å². The summed E-state index contributed by atoms with van der Waals surface area (Å²) in [5.74, 6) is 1.43. The molecule has 8 rings (SSSR count). The third-order valence-corrected chi connectivity index (χ3v) is 10.4. The van der Waals surface area contributed by atoms with Gasteiger partial charge in [0, 0.05) is 41.7 Å². The normalized spacial score (nSPS) is 32.3. The first kappa shape index (κ1) is 25.2. The molecule has 7 nitrogen and oxygen atoms in total. The van der Waals surface area contributed by atoms with Crippen molar-refractivity contribution in [3.8, 4) is 11.5 Å². The van der Waals surface area contributed by atoms with Gasteiger partial charge < -0.3 is 25.3 Å². The molecule has 1 spiro atoms. The molecule has 2 saturated carbocycles. The molecule has 2 aromatic carbocycles. The van der Waals surface area contributed by atoms with Gasteiger partial charge in [-0.3, -0.25) is 9.69 Å². The molecule has 1 amide bonds. The highest BCUT2D eigenvalue weighted by atomic mass is 35.5. The van der Waals surface area contributed by atoms with Gasteiger partial charge in [-0.15, -0.1) is 12.4 Å². The Balaban J connectivity index is 0.00000253. The van der Waals surface area contributed by atoms with Gasteiger partial charge in [-0.2, -0.15) is 0 Å². The number of ether oxygens (including phenoxy) is 1. The maximum Gasteiger partial charge on any atom is 0.220 e. The van der Waals surface area contributed by atoms with Gasteiger partial charge in [-0.25, -0.2) is 0 Å². The van der Waals surface area contributed by atoms with Gasteiger partial charge in [0.15, 0.2) is 11.5 Å². The molecule has 0 radical (unpaired) electrons. The summed E-state index contributed by atoms with van der Waals surface area (Å²) >= 11 is 0. The van der Waals surface area contributed by atoms with Gasteiger partial charge in [-0.05, 0) is 80.7 Å². The number of para-hydroxylation sites is 1. The fourth-order valence-corrected chi connectivity index (χ4v) is 8.49. The number of piperidine rings is 1. The van der Waals surface area contributed by atoms with Crippen molar-refractivity contribution < 1.29 is 19.7 Å². The van der Waals surface area contributed by atoms with Crippen molar-refractivity contribution >= 4 is 29.2 Å². The van der Waals surface area contributed by atoms with E-state index in [0.29, 0.717) is 31.4 Å². The quantitative estimate of drug-likeness (QED) is 0.373. The van der Waals surface area contributed by atoms with Crippen molar-refractivity contribution in [2.45, 2.75) is 80.6 Å². The number of amides is 1. The summed E-state index contributed by atoms with van der Waals surface area (Å²) in [5.41, 5.74) is 2.88. The first-order chi connectivity index (χ1) is 18.5. The number of halogens is 1. The molecule has 4 N–H and O–H groups in total. The molecular formula is C31H36ClN3O4. The van der Waals surface area contributed by atoms with Crippen LogP contribution in [0.2, 0.25) is 0 Å². The summed E-state index contributed by atoms with van der Waals surface area (Å²) in [5, 5.41) is 27.8. The Bertz CT molecular complexity index is 1450. The van der Waals surface area contributed by atoms with Gasteiger partial charge in [0.1, 0.15) is 6.10 Å². The number of nitrogens with zero attached hydrogens (tertiary/aromatic N) is 1. The lowest BCUT2D eigenvalue weighted by atomic mass is 9.48. The van der Waals surface area contributed by atoms with E-state index >= 15 is 0 Å². The van der Waals surface area contributed by atoms with Crippen molar-refractivity contribution in [3.63, 3.8) is 0 Å². The number of carbonyl (C=O) groups is 1. The predicted octanol–water partition coefficient (Wildman–Crippen LogP) is 3.98. The van der Waals surface area contributed by atoms with Crippen LogP contribution in [0.4, 0.5) is 0 Å². The number of nitrogens with one attached hydrogen (secondary N) is 2. The van der Waals surface area contributed by atoms with Crippen LogP contribution < -0.4 is 10.1 Å². The summed E-state index contributed by atoms with van der Waals surface area (Å²) in [7, 11) is 0. The van der Waals surface area contributed by atoms with E-state index in [0.717, 1.165) is 53.9 Å². The first-order valence-electron chi connectivity index (χ1n) is 14.3. The van der Waals surface area contributed by atoms with E-state index in [1.165, 1.54) is 18.4 Å². The number of aromatic hydroxyl groups is 1. The van der Waals surface area contributed by atoms with Crippen LogP contribution in [0.5, 0.6) is 11.5 Å². The van der Waals surface area contributed by atoms with Gasteiger partial charge in [0.25, 0.3) is 0 Å². The number of likely N-dealkylation sites (tertiary alicyclic amines) is 1. The van der Waals surface area contributed by atoms with E-state index in [1.807, 2.05) is 30.5 Å². The molecule has 39 heavy (non-hydrogen) atoms. The molecule has 3 heterocycles. The second-order valence-electron chi connectivity index (χ2n) is 12.4. The number of carbonyl (C=O) groups excluding carboxylic acids is 1. The van der Waals surface area contributed by atoms with Crippen molar-refractivity contribution in [2.75, 3.05) is 13.1 Å². The number of fused-ring (bicyclic) bond motifs is 1. The van der Waals surface area contributed by atoms with Gasteiger partial charge in [-0.1, -0.05) is 24.3 Å². The Morgan fingerprint density at radius 1 is 1.15 bits per heavy atom. The highest BCUT2D eigenvalue weighted by Crippen LogP contribution is 2.65. The topological polar surface area (TPSA) is 97.8 Å². The number of benzene rings is 2. The van der Waals surface area contributed by atoms with E-state index in [-0.39, 0.29) is 42.3 Å². The Morgan fingerprint density at radius 3 is 2.85 bits per heavy atom. The highest BCUT2D eigenvalue weighted by molar-refractivity contribution is 5.85. The largest absolute Gasteiger partial charge is 0.504 e. The van der Waals surface area contributed by atoms with E-state index in [2.05, 4.69) is 21.3 Å². The van der Waals surface area contributed by atoms with E-state index in [1.54, 1.807) is 6.07 Å². The summed E-state index contributed by atoms with van der Waals surface area (Å²) in [6, 6.07) is 11.8. The SMILES string of the molecule is Cl.O=C(CCc1c[nH]c2ccccc12)N[C@@H]1CC[C@@]2(O)[C@H]3Cc4ccc(O)c5c4[C@@]2(CCN3CC2CC2)[C@H]1O5. The zero-order chi connectivity index (χ0) is 25.6. The molecule has 3 fully saturated rings. The molecule has 5 aliphatic rings. The van der Waals surface area contributed by atoms with Crippen LogP contribution in [0, 0.1) is 5.92 Å². The Hall–Kier alpha value is -2.74. The number of hydrogen-bond acceptors (Lipinski definition) is 5. The summed E-state index contributed by atoms with van der Waals surface area (Å²) in [4.78, 5) is 19.1. The zero-order valence-corrected chi connectivity index (χ0v) is 22.8. The maximum atomic E-state index is 13.3. The minimum Gasteiger partial charge on any atom is -0.504 e. The lowest BCUT2D eigenvalue weighted by Crippen LogP contribution is -2.78. The van der Waals surface area contributed by atoms with Crippen LogP contribution in [-0.2, 0) is 23.1 Å². The van der Waals surface area contributed by atoms with E-state index < -0.39 is 11.0 Å². The lowest BCUT2D eigenvalue weighted by Gasteiger charge is -2.64. The summed E-state index contributed by atoms with van der Waals surface area (Å²) in [6.07, 6.45) is 8.10. The summed E-state index contributed by atoms with van der Waals surface area (Å²) in [6.45, 7) is 1.97. The van der Waals surface area contributed by atoms with Crippen LogP contribution >= 0.6 is 12.4 Å². The smallest absolute Gasteiger partial charge is 0.220 e. The predicted molar refractivity (Wildman–Crippen MR) is 151 cm³/mol. The van der Waals surface area contributed by atoms with Crippen molar-refractivity contribution in [1.82, 2.24) is 15.2 Å². The van der Waals surface area contributed by atoms with Crippen LogP contribution in [0.15, 0.2) is 42.6 Å². The maximum absolute atomic E-state index is 13.3. The molecule has 3 aliphatic carbocycles. The molecule has 8 heteroatoms. The molecule has 2 aliphatic heterocycles. The van der Waals surface area contributed by atoms with E-state index in [4.69, 9.17) is 4.74 Å². The van der Waals surface area contributed by atoms with Crippen LogP contribution in [-0.4, -0.2) is 62.9 Å². The number of phenolic OH excluding ortho intramolecular Hbond substituents is 1. The number of hydrogen-bond donors (Lipinski definition) is 4. The molecular weight excluding hydrogens is 514 g/mol. The molecule has 3 aromatic rings. The Kier molecular flexibility index (Phi) is 5.75. The average Bonchev–Trinajstić information content (AvgIpc) is 3.52. The van der Waals surface area contributed by atoms with Crippen molar-refractivity contribution in [3.05, 3.63) is 59.3 Å². The van der Waals surface area contributed by atoms with Crippen molar-refractivity contribution in [2.24, 2.45) is 5.92 Å². The number of rotatable bonds is 6.